The minimum atomic E-state index is -0.167. The summed E-state index contributed by atoms with van der Waals surface area (Å²) in [6, 6.07) is 0. The Labute approximate surface area is 116 Å². The number of rotatable bonds is 3. The van der Waals surface area contributed by atoms with Crippen LogP contribution >= 0.6 is 0 Å². The van der Waals surface area contributed by atoms with Gasteiger partial charge >= 0.3 is 0 Å². The van der Waals surface area contributed by atoms with Crippen LogP contribution in [0.25, 0.3) is 0 Å². The molecule has 0 heterocycles. The fraction of sp³-hybridized carbons (Fsp3) is 1.00. The summed E-state index contributed by atoms with van der Waals surface area (Å²) in [5.41, 5.74) is 0.0417. The van der Waals surface area contributed by atoms with Crippen molar-refractivity contribution in [1.29, 1.82) is 0 Å². The monoisotopic (exact) mass is 266 g/mol. The molecule has 0 fully saturated rings. The van der Waals surface area contributed by atoms with E-state index in [1.54, 1.807) is 21.0 Å². The third-order valence-corrected chi connectivity index (χ3v) is 1.57. The van der Waals surface area contributed by atoms with E-state index in [9.17, 15) is 0 Å². The molecule has 0 radical (unpaired) electrons. The molecule has 0 saturated heterocycles. The van der Waals surface area contributed by atoms with E-state index >= 15 is 0 Å². The van der Waals surface area contributed by atoms with Crippen molar-refractivity contribution in [3.63, 3.8) is 0 Å². The zero-order valence-corrected chi connectivity index (χ0v) is 14.2. The predicted molar refractivity (Wildman–Crippen MR) is 82.1 cm³/mol. The Hall–Kier alpha value is -0.120. The van der Waals surface area contributed by atoms with E-state index in [-0.39, 0.29) is 11.7 Å². The number of hydrogen-bond acceptors (Lipinski definition) is 3. The van der Waals surface area contributed by atoms with Crippen molar-refractivity contribution >= 4 is 0 Å². The van der Waals surface area contributed by atoms with Crippen molar-refractivity contribution in [3.8, 4) is 0 Å². The summed E-state index contributed by atoms with van der Waals surface area (Å²) < 4.78 is 4.94. The van der Waals surface area contributed by atoms with Crippen LogP contribution in [0.5, 0.6) is 0 Å². The molecular weight excluding hydrogens is 228 g/mol. The molecule has 0 aliphatic rings. The van der Waals surface area contributed by atoms with Gasteiger partial charge in [-0.1, -0.05) is 39.5 Å². The van der Waals surface area contributed by atoms with E-state index in [1.807, 2.05) is 20.8 Å². The summed E-state index contributed by atoms with van der Waals surface area (Å²) in [5.74, 6) is 0. The summed E-state index contributed by atoms with van der Waals surface area (Å²) >= 11 is 0. The Morgan fingerprint density at radius 3 is 1.17 bits per heavy atom. The summed E-state index contributed by atoms with van der Waals surface area (Å²) in [6.45, 7) is 14.0. The van der Waals surface area contributed by atoms with Crippen molar-refractivity contribution in [2.75, 3.05) is 14.2 Å². The summed E-state index contributed by atoms with van der Waals surface area (Å²) in [7, 11) is 2.71. The molecular formula is C15H38O3. The lowest BCUT2D eigenvalue weighted by molar-refractivity contribution is 0.0397. The van der Waals surface area contributed by atoms with Gasteiger partial charge in [-0.3, -0.25) is 0 Å². The highest BCUT2D eigenvalue weighted by Gasteiger charge is 2.03. The van der Waals surface area contributed by atoms with Crippen LogP contribution in [0.4, 0.5) is 0 Å². The van der Waals surface area contributed by atoms with E-state index in [0.29, 0.717) is 0 Å². The second-order valence-electron chi connectivity index (χ2n) is 5.12. The Kier molecular flexibility index (Phi) is 32.5. The van der Waals surface area contributed by atoms with Gasteiger partial charge in [0.25, 0.3) is 0 Å². The van der Waals surface area contributed by atoms with Crippen LogP contribution in [0, 0.1) is 0 Å². The minimum absolute atomic E-state index is 0.0417. The van der Waals surface area contributed by atoms with Gasteiger partial charge in [-0.2, -0.15) is 0 Å². The molecule has 0 rings (SSSR count). The van der Waals surface area contributed by atoms with Crippen molar-refractivity contribution in [2.24, 2.45) is 0 Å². The maximum Gasteiger partial charge on any atom is 0.0594 e. The van der Waals surface area contributed by atoms with Crippen LogP contribution in [0.1, 0.15) is 74.1 Å². The SMILES string of the molecule is CC(C)O.CCCCCC.CO.COC(C)(C)C. The second kappa shape index (κ2) is 22.1. The lowest BCUT2D eigenvalue weighted by atomic mass is 10.2. The smallest absolute Gasteiger partial charge is 0.0594 e. The van der Waals surface area contributed by atoms with Gasteiger partial charge in [-0.15, -0.1) is 0 Å². The fourth-order valence-electron chi connectivity index (χ4n) is 0.500. The molecule has 0 aromatic heterocycles. The van der Waals surface area contributed by atoms with Gasteiger partial charge in [0, 0.05) is 20.3 Å². The molecule has 0 aliphatic carbocycles. The third-order valence-electron chi connectivity index (χ3n) is 1.57. The maximum absolute atomic E-state index is 8.06. The number of unbranched alkanes of at least 4 members (excludes halogenated alkanes) is 3. The number of aliphatic hydroxyl groups excluding tert-OH is 2. The van der Waals surface area contributed by atoms with Gasteiger partial charge in [0.2, 0.25) is 0 Å². The van der Waals surface area contributed by atoms with Crippen LogP contribution in [0.2, 0.25) is 0 Å². The minimum Gasteiger partial charge on any atom is -0.400 e. The first-order valence-corrected chi connectivity index (χ1v) is 6.89. The Morgan fingerprint density at radius 1 is 0.944 bits per heavy atom. The first kappa shape index (κ1) is 26.4. The number of aliphatic hydroxyl groups is 2. The molecule has 0 spiro atoms. The van der Waals surface area contributed by atoms with E-state index in [1.165, 1.54) is 25.7 Å². The molecule has 0 aromatic carbocycles. The average molecular weight is 266 g/mol. The molecule has 116 valence electrons. The zero-order valence-electron chi connectivity index (χ0n) is 14.2. The Bertz CT molecular complexity index is 100. The molecule has 0 amide bonds. The summed E-state index contributed by atoms with van der Waals surface area (Å²) in [4.78, 5) is 0. The molecule has 18 heavy (non-hydrogen) atoms. The predicted octanol–water partition coefficient (Wildman–Crippen LogP) is 4.01. The number of ether oxygens (including phenoxy) is 1. The maximum atomic E-state index is 8.06. The van der Waals surface area contributed by atoms with Gasteiger partial charge in [0.05, 0.1) is 5.60 Å². The van der Waals surface area contributed by atoms with Crippen LogP contribution in [0.15, 0.2) is 0 Å². The average Bonchev–Trinajstić information content (AvgIpc) is 2.28. The van der Waals surface area contributed by atoms with Gasteiger partial charge in [0.15, 0.2) is 0 Å². The lowest BCUT2D eigenvalue weighted by Crippen LogP contribution is -2.15. The van der Waals surface area contributed by atoms with Gasteiger partial charge < -0.3 is 14.9 Å². The molecule has 2 N–H and O–H groups in total. The molecule has 0 unspecified atom stereocenters. The molecule has 3 nitrogen and oxygen atoms in total. The zero-order chi connectivity index (χ0) is 15.6. The largest absolute Gasteiger partial charge is 0.400 e. The van der Waals surface area contributed by atoms with Crippen molar-refractivity contribution in [1.82, 2.24) is 0 Å². The molecule has 0 saturated carbocycles. The van der Waals surface area contributed by atoms with Crippen molar-refractivity contribution in [2.45, 2.75) is 85.9 Å². The fourth-order valence-corrected chi connectivity index (χ4v) is 0.500. The standard InChI is InChI=1S/C6H14.C5H12O.C3H8O.CH4O/c1-3-5-6-4-2;1-5(2,3)6-4;1-3(2)4;1-2/h3-6H2,1-2H3;1-4H3;3-4H,1-2H3;2H,1H3. The van der Waals surface area contributed by atoms with Crippen LogP contribution in [0.3, 0.4) is 0 Å². The van der Waals surface area contributed by atoms with E-state index in [2.05, 4.69) is 13.8 Å². The third kappa shape index (κ3) is 102. The number of hydrogen-bond donors (Lipinski definition) is 2. The van der Waals surface area contributed by atoms with Gasteiger partial charge in [0.1, 0.15) is 0 Å². The van der Waals surface area contributed by atoms with Crippen LogP contribution < -0.4 is 0 Å². The first-order chi connectivity index (χ1) is 8.21. The van der Waals surface area contributed by atoms with Gasteiger partial charge in [-0.05, 0) is 34.6 Å². The Balaban J connectivity index is -0.0000000777. The Morgan fingerprint density at radius 2 is 1.11 bits per heavy atom. The number of methoxy groups -OCH3 is 1. The van der Waals surface area contributed by atoms with E-state index in [4.69, 9.17) is 14.9 Å². The van der Waals surface area contributed by atoms with Crippen molar-refractivity contribution < 1.29 is 14.9 Å². The molecule has 0 atom stereocenters. The highest BCUT2D eigenvalue weighted by molar-refractivity contribution is 4.55. The van der Waals surface area contributed by atoms with Gasteiger partial charge in [-0.25, -0.2) is 0 Å². The lowest BCUT2D eigenvalue weighted by Gasteiger charge is -2.14. The normalized spacial score (nSPS) is 9.33. The second-order valence-corrected chi connectivity index (χ2v) is 5.12. The van der Waals surface area contributed by atoms with E-state index < -0.39 is 0 Å². The molecule has 0 aliphatic heterocycles. The topological polar surface area (TPSA) is 49.7 Å². The van der Waals surface area contributed by atoms with Crippen LogP contribution in [-0.2, 0) is 4.74 Å². The summed E-state index contributed by atoms with van der Waals surface area (Å²) in [6.07, 6.45) is 5.37. The summed E-state index contributed by atoms with van der Waals surface area (Å²) in [5, 5.41) is 15.1. The van der Waals surface area contributed by atoms with Crippen molar-refractivity contribution in [3.05, 3.63) is 0 Å². The van der Waals surface area contributed by atoms with Crippen LogP contribution in [-0.4, -0.2) is 36.1 Å². The first-order valence-electron chi connectivity index (χ1n) is 6.89. The molecule has 0 bridgehead atoms. The highest BCUT2D eigenvalue weighted by Crippen LogP contribution is 2.02. The quantitative estimate of drug-likeness (QED) is 0.759. The van der Waals surface area contributed by atoms with E-state index in [0.717, 1.165) is 7.11 Å². The molecule has 0 aromatic rings. The molecule has 3 heteroatoms. The highest BCUT2D eigenvalue weighted by atomic mass is 16.5.